The second-order valence-corrected chi connectivity index (χ2v) is 6.89. The Morgan fingerprint density at radius 1 is 1.26 bits per heavy atom. The summed E-state index contributed by atoms with van der Waals surface area (Å²) in [5, 5.41) is 2.98. The Kier molecular flexibility index (Phi) is 4.85. The number of nitrogens with one attached hydrogen (secondary N) is 2. The molecule has 1 aromatic heterocycles. The molecule has 0 radical (unpaired) electrons. The smallest absolute Gasteiger partial charge is 0.287 e. The summed E-state index contributed by atoms with van der Waals surface area (Å²) in [4.78, 5) is 21.7. The van der Waals surface area contributed by atoms with E-state index in [0.717, 1.165) is 19.4 Å². The van der Waals surface area contributed by atoms with Crippen LogP contribution >= 0.6 is 0 Å². The maximum atomic E-state index is 13.9. The molecule has 1 atom stereocenters. The van der Waals surface area contributed by atoms with E-state index in [1.54, 1.807) is 12.1 Å². The van der Waals surface area contributed by atoms with E-state index in [1.165, 1.54) is 24.3 Å². The van der Waals surface area contributed by atoms with Gasteiger partial charge in [-0.2, -0.15) is 0 Å². The third-order valence-corrected chi connectivity index (χ3v) is 4.85. The number of benzene rings is 2. The van der Waals surface area contributed by atoms with Crippen LogP contribution in [0.15, 0.2) is 42.5 Å². The maximum absolute atomic E-state index is 13.9. The van der Waals surface area contributed by atoms with Crippen molar-refractivity contribution in [1.82, 2.24) is 20.2 Å². The van der Waals surface area contributed by atoms with Crippen molar-refractivity contribution in [3.8, 4) is 0 Å². The summed E-state index contributed by atoms with van der Waals surface area (Å²) in [6, 6.07) is 10.9. The van der Waals surface area contributed by atoms with Gasteiger partial charge in [0.2, 0.25) is 0 Å². The van der Waals surface area contributed by atoms with Crippen LogP contribution in [0.25, 0.3) is 11.0 Å². The molecule has 1 unspecified atom stereocenters. The predicted octanol–water partition coefficient (Wildman–Crippen LogP) is 3.24. The minimum Gasteiger partial charge on any atom is -0.345 e. The van der Waals surface area contributed by atoms with Crippen LogP contribution in [0.5, 0.6) is 0 Å². The summed E-state index contributed by atoms with van der Waals surface area (Å²) < 4.78 is 27.2. The molecular formula is C20H20F2N4O. The molecule has 27 heavy (non-hydrogen) atoms. The van der Waals surface area contributed by atoms with E-state index in [9.17, 15) is 13.6 Å². The van der Waals surface area contributed by atoms with E-state index in [-0.39, 0.29) is 29.4 Å². The lowest BCUT2D eigenvalue weighted by Gasteiger charge is -2.33. The molecule has 4 rings (SSSR count). The number of imidazole rings is 1. The van der Waals surface area contributed by atoms with Gasteiger partial charge in [0.05, 0.1) is 11.0 Å². The summed E-state index contributed by atoms with van der Waals surface area (Å²) in [5.74, 6) is -0.737. The lowest BCUT2D eigenvalue weighted by Crippen LogP contribution is -2.47. The lowest BCUT2D eigenvalue weighted by molar-refractivity contribution is 0.0891. The number of H-pyrrole nitrogens is 1. The molecule has 1 amide bonds. The number of aromatic amines is 1. The van der Waals surface area contributed by atoms with Crippen LogP contribution in [0.4, 0.5) is 8.78 Å². The average Bonchev–Trinajstić information content (AvgIpc) is 3.07. The van der Waals surface area contributed by atoms with Crippen LogP contribution in [0.2, 0.25) is 0 Å². The Hall–Kier alpha value is -2.80. The molecule has 2 aromatic carbocycles. The highest BCUT2D eigenvalue weighted by Crippen LogP contribution is 2.17. The van der Waals surface area contributed by atoms with Gasteiger partial charge in [0.25, 0.3) is 5.91 Å². The van der Waals surface area contributed by atoms with Crippen LogP contribution in [-0.2, 0) is 6.54 Å². The Morgan fingerprint density at radius 2 is 2.11 bits per heavy atom. The van der Waals surface area contributed by atoms with Gasteiger partial charge in [0.15, 0.2) is 5.82 Å². The lowest BCUT2D eigenvalue weighted by atomic mass is 10.0. The second kappa shape index (κ2) is 7.44. The van der Waals surface area contributed by atoms with Crippen molar-refractivity contribution in [2.45, 2.75) is 25.4 Å². The zero-order valence-corrected chi connectivity index (χ0v) is 14.7. The molecule has 1 fully saturated rings. The molecule has 1 aliphatic heterocycles. The Labute approximate surface area is 155 Å². The molecule has 7 heteroatoms. The molecule has 3 aromatic rings. The molecule has 0 aliphatic carbocycles. The van der Waals surface area contributed by atoms with Gasteiger partial charge in [-0.15, -0.1) is 0 Å². The quantitative estimate of drug-likeness (QED) is 0.741. The molecule has 2 heterocycles. The largest absolute Gasteiger partial charge is 0.345 e. The normalized spacial score (nSPS) is 17.9. The van der Waals surface area contributed by atoms with E-state index in [2.05, 4.69) is 20.2 Å². The van der Waals surface area contributed by atoms with Crippen LogP contribution in [0, 0.1) is 11.6 Å². The molecule has 1 saturated heterocycles. The van der Waals surface area contributed by atoms with Crippen molar-refractivity contribution in [2.24, 2.45) is 0 Å². The number of rotatable bonds is 4. The number of carbonyl (C=O) groups is 1. The number of carbonyl (C=O) groups excluding carboxylic acids is 1. The summed E-state index contributed by atoms with van der Waals surface area (Å²) >= 11 is 0. The Morgan fingerprint density at radius 3 is 2.96 bits per heavy atom. The summed E-state index contributed by atoms with van der Waals surface area (Å²) in [6.07, 6.45) is 1.78. The highest BCUT2D eigenvalue weighted by Gasteiger charge is 2.23. The van der Waals surface area contributed by atoms with Gasteiger partial charge in [-0.3, -0.25) is 9.69 Å². The number of piperidine rings is 1. The molecular weight excluding hydrogens is 350 g/mol. The zero-order chi connectivity index (χ0) is 18.8. The van der Waals surface area contributed by atoms with E-state index in [4.69, 9.17) is 0 Å². The number of hydrogen-bond acceptors (Lipinski definition) is 3. The molecule has 0 bridgehead atoms. The van der Waals surface area contributed by atoms with Crippen molar-refractivity contribution in [1.29, 1.82) is 0 Å². The molecule has 140 valence electrons. The fraction of sp³-hybridized carbons (Fsp3) is 0.300. The van der Waals surface area contributed by atoms with Crippen molar-refractivity contribution in [3.05, 3.63) is 65.5 Å². The number of fused-ring (bicyclic) bond motifs is 1. The van der Waals surface area contributed by atoms with Gasteiger partial charge in [-0.25, -0.2) is 13.8 Å². The third-order valence-electron chi connectivity index (χ3n) is 4.85. The van der Waals surface area contributed by atoms with Gasteiger partial charge in [-0.05, 0) is 43.7 Å². The van der Waals surface area contributed by atoms with Gasteiger partial charge in [0, 0.05) is 24.7 Å². The molecule has 0 spiro atoms. The van der Waals surface area contributed by atoms with Gasteiger partial charge in [0.1, 0.15) is 11.6 Å². The van der Waals surface area contributed by atoms with E-state index >= 15 is 0 Å². The number of amides is 1. The van der Waals surface area contributed by atoms with Crippen molar-refractivity contribution in [3.63, 3.8) is 0 Å². The Balaban J connectivity index is 1.40. The topological polar surface area (TPSA) is 61.0 Å². The third kappa shape index (κ3) is 3.98. The van der Waals surface area contributed by atoms with Crippen LogP contribution in [0.3, 0.4) is 0 Å². The first kappa shape index (κ1) is 17.6. The standard InChI is InChI=1S/C20H20F2N4O/c21-14-7-8-17-18(10-14)25-19(24-17)20(27)23-15-5-3-9-26(12-15)11-13-4-1-2-6-16(13)22/h1-2,4,6-8,10,15H,3,5,9,11-12H2,(H,23,27)(H,24,25). The first-order chi connectivity index (χ1) is 13.1. The molecule has 2 N–H and O–H groups in total. The van der Waals surface area contributed by atoms with Crippen molar-refractivity contribution >= 4 is 16.9 Å². The monoisotopic (exact) mass is 370 g/mol. The van der Waals surface area contributed by atoms with Gasteiger partial charge < -0.3 is 10.3 Å². The van der Waals surface area contributed by atoms with E-state index in [0.29, 0.717) is 29.7 Å². The summed E-state index contributed by atoms with van der Waals surface area (Å²) in [6.45, 7) is 2.03. The minimum absolute atomic E-state index is 0.0389. The van der Waals surface area contributed by atoms with Gasteiger partial charge in [-0.1, -0.05) is 18.2 Å². The van der Waals surface area contributed by atoms with E-state index < -0.39 is 0 Å². The van der Waals surface area contributed by atoms with Crippen LogP contribution in [0.1, 0.15) is 29.0 Å². The number of hydrogen-bond donors (Lipinski definition) is 2. The van der Waals surface area contributed by atoms with Crippen LogP contribution < -0.4 is 5.32 Å². The average molecular weight is 370 g/mol. The fourth-order valence-corrected chi connectivity index (χ4v) is 3.53. The van der Waals surface area contributed by atoms with Crippen molar-refractivity contribution in [2.75, 3.05) is 13.1 Å². The van der Waals surface area contributed by atoms with Crippen molar-refractivity contribution < 1.29 is 13.6 Å². The first-order valence-corrected chi connectivity index (χ1v) is 9.00. The summed E-state index contributed by atoms with van der Waals surface area (Å²) in [7, 11) is 0. The highest BCUT2D eigenvalue weighted by molar-refractivity contribution is 5.94. The minimum atomic E-state index is -0.380. The number of likely N-dealkylation sites (tertiary alicyclic amines) is 1. The number of halogens is 2. The Bertz CT molecular complexity index is 972. The zero-order valence-electron chi connectivity index (χ0n) is 14.7. The van der Waals surface area contributed by atoms with Gasteiger partial charge >= 0.3 is 0 Å². The fourth-order valence-electron chi connectivity index (χ4n) is 3.53. The summed E-state index contributed by atoms with van der Waals surface area (Å²) in [5.41, 5.74) is 1.69. The van der Waals surface area contributed by atoms with Crippen LogP contribution in [-0.4, -0.2) is 39.9 Å². The second-order valence-electron chi connectivity index (χ2n) is 6.89. The SMILES string of the molecule is O=C(NC1CCCN(Cc2ccccc2F)C1)c1nc2ccc(F)cc2[nH]1. The molecule has 1 aliphatic rings. The number of nitrogens with zero attached hydrogens (tertiary/aromatic N) is 2. The first-order valence-electron chi connectivity index (χ1n) is 9.00. The molecule has 0 saturated carbocycles. The van der Waals surface area contributed by atoms with E-state index in [1.807, 2.05) is 6.07 Å². The maximum Gasteiger partial charge on any atom is 0.287 e. The highest BCUT2D eigenvalue weighted by atomic mass is 19.1. The predicted molar refractivity (Wildman–Crippen MR) is 98.2 cm³/mol. The number of aromatic nitrogens is 2. The molecule has 5 nitrogen and oxygen atoms in total.